The molecule has 1 atom stereocenters. The molecule has 1 amide bonds. The van der Waals surface area contributed by atoms with Gasteiger partial charge in [0.2, 0.25) is 5.91 Å². The molecule has 1 aliphatic heterocycles. The molecule has 0 saturated carbocycles. The highest BCUT2D eigenvalue weighted by Gasteiger charge is 2.22. The summed E-state index contributed by atoms with van der Waals surface area (Å²) in [5, 5.41) is 6.56. The quantitative estimate of drug-likeness (QED) is 0.895. The number of hydrogen-bond acceptors (Lipinski definition) is 4. The van der Waals surface area contributed by atoms with E-state index in [1.807, 2.05) is 0 Å². The van der Waals surface area contributed by atoms with Crippen molar-refractivity contribution in [2.45, 2.75) is 12.8 Å². The summed E-state index contributed by atoms with van der Waals surface area (Å²) >= 11 is 6.04. The minimum absolute atomic E-state index is 0.0140. The van der Waals surface area contributed by atoms with E-state index < -0.39 is 0 Å². The summed E-state index contributed by atoms with van der Waals surface area (Å²) in [5.74, 6) is 0.993. The third kappa shape index (κ3) is 3.35. The SMILES string of the molecule is COc1cc(NC(=O)[C@@H]2CCCNC2)c(OC)cc1Cl. The Morgan fingerprint density at radius 3 is 2.70 bits per heavy atom. The number of anilines is 1. The summed E-state index contributed by atoms with van der Waals surface area (Å²) in [6.45, 7) is 1.68. The Hall–Kier alpha value is -1.46. The minimum Gasteiger partial charge on any atom is -0.495 e. The van der Waals surface area contributed by atoms with Crippen molar-refractivity contribution in [3.8, 4) is 11.5 Å². The Bertz CT molecular complexity index is 488. The molecule has 2 rings (SSSR count). The van der Waals surface area contributed by atoms with Crippen LogP contribution in [0.15, 0.2) is 12.1 Å². The molecule has 1 aromatic carbocycles. The largest absolute Gasteiger partial charge is 0.495 e. The number of hydrogen-bond donors (Lipinski definition) is 2. The Labute approximate surface area is 123 Å². The van der Waals surface area contributed by atoms with E-state index in [4.69, 9.17) is 21.1 Å². The fraction of sp³-hybridized carbons (Fsp3) is 0.500. The summed E-state index contributed by atoms with van der Waals surface area (Å²) in [5.41, 5.74) is 0.573. The summed E-state index contributed by atoms with van der Waals surface area (Å²) in [4.78, 5) is 12.2. The van der Waals surface area contributed by atoms with Crippen molar-refractivity contribution in [2.24, 2.45) is 5.92 Å². The predicted octanol–water partition coefficient (Wildman–Crippen LogP) is 2.30. The molecular weight excluding hydrogens is 280 g/mol. The molecule has 20 heavy (non-hydrogen) atoms. The highest BCUT2D eigenvalue weighted by Crippen LogP contribution is 2.36. The Morgan fingerprint density at radius 2 is 2.10 bits per heavy atom. The third-order valence-electron chi connectivity index (χ3n) is 3.40. The van der Waals surface area contributed by atoms with Crippen LogP contribution in [-0.2, 0) is 4.79 Å². The van der Waals surface area contributed by atoms with Gasteiger partial charge in [-0.3, -0.25) is 4.79 Å². The first-order valence-electron chi connectivity index (χ1n) is 6.58. The second-order valence-corrected chi connectivity index (χ2v) is 5.13. The summed E-state index contributed by atoms with van der Waals surface area (Å²) in [6, 6.07) is 3.31. The smallest absolute Gasteiger partial charge is 0.228 e. The van der Waals surface area contributed by atoms with Gasteiger partial charge in [0.1, 0.15) is 11.5 Å². The van der Waals surface area contributed by atoms with E-state index in [0.29, 0.717) is 28.8 Å². The number of rotatable bonds is 4. The highest BCUT2D eigenvalue weighted by molar-refractivity contribution is 6.32. The van der Waals surface area contributed by atoms with E-state index in [0.717, 1.165) is 19.4 Å². The van der Waals surface area contributed by atoms with Crippen molar-refractivity contribution in [3.05, 3.63) is 17.2 Å². The fourth-order valence-electron chi connectivity index (χ4n) is 2.27. The first kappa shape index (κ1) is 14.9. The van der Waals surface area contributed by atoms with Gasteiger partial charge in [0.05, 0.1) is 30.8 Å². The lowest BCUT2D eigenvalue weighted by atomic mass is 9.99. The Kier molecular flexibility index (Phi) is 5.09. The molecule has 0 radical (unpaired) electrons. The van der Waals surface area contributed by atoms with Gasteiger partial charge >= 0.3 is 0 Å². The minimum atomic E-state index is -0.0184. The van der Waals surface area contributed by atoms with Crippen LogP contribution in [0.5, 0.6) is 11.5 Å². The summed E-state index contributed by atoms with van der Waals surface area (Å²) < 4.78 is 10.4. The predicted molar refractivity (Wildman–Crippen MR) is 78.8 cm³/mol. The summed E-state index contributed by atoms with van der Waals surface area (Å²) in [6.07, 6.45) is 1.91. The molecule has 1 fully saturated rings. The lowest BCUT2D eigenvalue weighted by Gasteiger charge is -2.22. The van der Waals surface area contributed by atoms with Gasteiger partial charge in [-0.25, -0.2) is 0 Å². The number of carbonyl (C=O) groups excluding carboxylic acids is 1. The number of methoxy groups -OCH3 is 2. The zero-order valence-electron chi connectivity index (χ0n) is 11.7. The molecule has 110 valence electrons. The number of ether oxygens (including phenoxy) is 2. The normalized spacial score (nSPS) is 18.4. The van der Waals surface area contributed by atoms with Crippen LogP contribution in [0.25, 0.3) is 0 Å². The van der Waals surface area contributed by atoms with Gasteiger partial charge in [0, 0.05) is 18.7 Å². The number of halogens is 1. The van der Waals surface area contributed by atoms with E-state index in [1.54, 1.807) is 12.1 Å². The van der Waals surface area contributed by atoms with Gasteiger partial charge in [-0.05, 0) is 19.4 Å². The maximum atomic E-state index is 12.2. The number of amides is 1. The molecule has 6 heteroatoms. The van der Waals surface area contributed by atoms with Crippen LogP contribution >= 0.6 is 11.6 Å². The molecule has 1 saturated heterocycles. The highest BCUT2D eigenvalue weighted by atomic mass is 35.5. The monoisotopic (exact) mass is 298 g/mol. The van der Waals surface area contributed by atoms with E-state index in [9.17, 15) is 4.79 Å². The lowest BCUT2D eigenvalue weighted by molar-refractivity contribution is -0.120. The van der Waals surface area contributed by atoms with Crippen LogP contribution in [0.1, 0.15) is 12.8 Å². The number of nitrogens with one attached hydrogen (secondary N) is 2. The number of piperidine rings is 1. The van der Waals surface area contributed by atoms with Crippen LogP contribution in [0.4, 0.5) is 5.69 Å². The van der Waals surface area contributed by atoms with Crippen molar-refractivity contribution in [3.63, 3.8) is 0 Å². The third-order valence-corrected chi connectivity index (χ3v) is 3.69. The zero-order valence-corrected chi connectivity index (χ0v) is 12.4. The number of carbonyl (C=O) groups is 1. The molecule has 0 bridgehead atoms. The van der Waals surface area contributed by atoms with E-state index in [1.165, 1.54) is 14.2 Å². The van der Waals surface area contributed by atoms with Crippen molar-refractivity contribution in [2.75, 3.05) is 32.6 Å². The molecule has 0 aliphatic carbocycles. The second-order valence-electron chi connectivity index (χ2n) is 4.72. The standard InChI is InChI=1S/C14H19ClN2O3/c1-19-12-7-11(13(20-2)6-10(12)15)17-14(18)9-4-3-5-16-8-9/h6-7,9,16H,3-5,8H2,1-2H3,(H,17,18)/t9-/m1/s1. The fourth-order valence-corrected chi connectivity index (χ4v) is 2.50. The van der Waals surface area contributed by atoms with Crippen LogP contribution in [-0.4, -0.2) is 33.2 Å². The molecule has 1 heterocycles. The van der Waals surface area contributed by atoms with Crippen LogP contribution < -0.4 is 20.1 Å². The Morgan fingerprint density at radius 1 is 1.35 bits per heavy atom. The average Bonchev–Trinajstić information content (AvgIpc) is 2.49. The van der Waals surface area contributed by atoms with Crippen molar-refractivity contribution < 1.29 is 14.3 Å². The molecule has 0 spiro atoms. The van der Waals surface area contributed by atoms with E-state index >= 15 is 0 Å². The van der Waals surface area contributed by atoms with Crippen LogP contribution in [0.3, 0.4) is 0 Å². The maximum absolute atomic E-state index is 12.2. The molecule has 1 aliphatic rings. The van der Waals surface area contributed by atoms with Crippen molar-refractivity contribution in [1.29, 1.82) is 0 Å². The molecule has 1 aromatic rings. The molecule has 5 nitrogen and oxygen atoms in total. The van der Waals surface area contributed by atoms with E-state index in [-0.39, 0.29) is 11.8 Å². The van der Waals surface area contributed by atoms with E-state index in [2.05, 4.69) is 10.6 Å². The molecule has 0 aromatic heterocycles. The summed E-state index contributed by atoms with van der Waals surface area (Å²) in [7, 11) is 3.07. The molecule has 0 unspecified atom stereocenters. The average molecular weight is 299 g/mol. The topological polar surface area (TPSA) is 59.6 Å². The van der Waals surface area contributed by atoms with Crippen LogP contribution in [0, 0.1) is 5.92 Å². The van der Waals surface area contributed by atoms with Gasteiger partial charge < -0.3 is 20.1 Å². The Balaban J connectivity index is 2.16. The lowest BCUT2D eigenvalue weighted by Crippen LogP contribution is -2.37. The van der Waals surface area contributed by atoms with Crippen molar-refractivity contribution in [1.82, 2.24) is 5.32 Å². The second kappa shape index (κ2) is 6.81. The van der Waals surface area contributed by atoms with Crippen LogP contribution in [0.2, 0.25) is 5.02 Å². The first-order chi connectivity index (χ1) is 9.65. The zero-order chi connectivity index (χ0) is 14.5. The maximum Gasteiger partial charge on any atom is 0.228 e. The van der Waals surface area contributed by atoms with Gasteiger partial charge in [-0.2, -0.15) is 0 Å². The van der Waals surface area contributed by atoms with Gasteiger partial charge in [0.15, 0.2) is 0 Å². The van der Waals surface area contributed by atoms with Gasteiger partial charge in [-0.15, -0.1) is 0 Å². The van der Waals surface area contributed by atoms with Gasteiger partial charge in [-0.1, -0.05) is 11.6 Å². The molecule has 2 N–H and O–H groups in total. The number of benzene rings is 1. The first-order valence-corrected chi connectivity index (χ1v) is 6.96. The van der Waals surface area contributed by atoms with Gasteiger partial charge in [0.25, 0.3) is 0 Å². The molecular formula is C14H19ClN2O3. The van der Waals surface area contributed by atoms with Crippen molar-refractivity contribution >= 4 is 23.2 Å².